The van der Waals surface area contributed by atoms with Gasteiger partial charge in [-0.2, -0.15) is 0 Å². The molecule has 0 amide bonds. The standard InChI is InChI=1S/C67H118O6/c1-4-7-10-13-16-19-22-24-26-27-28-29-30-31-32-33-34-35-36-37-38-39-41-42-45-48-51-54-57-60-66(69)72-63-64(62-71-65(68)59-56-53-50-47-44-21-18-15-12-9-6-3)73-67(70)61-58-55-52-49-46-43-40-25-23-20-17-14-11-8-5-2/h7,10,15-16,18-19,24,26,28-29,31-32,64H,4-6,8-9,11-14,17,20-23,25,27,30,33-63H2,1-3H3/b10-7-,18-15-,19-16-,26-24-,29-28-,32-31-. The molecule has 1 atom stereocenters. The third-order valence-corrected chi connectivity index (χ3v) is 13.7. The second-order valence-corrected chi connectivity index (χ2v) is 20.9. The van der Waals surface area contributed by atoms with Crippen LogP contribution in [0.5, 0.6) is 0 Å². The molecule has 6 nitrogen and oxygen atoms in total. The zero-order chi connectivity index (χ0) is 52.9. The molecule has 0 aliphatic carbocycles. The van der Waals surface area contributed by atoms with Crippen molar-refractivity contribution in [1.82, 2.24) is 0 Å². The summed E-state index contributed by atoms with van der Waals surface area (Å²) in [4.78, 5) is 38.2. The molecule has 0 aromatic rings. The van der Waals surface area contributed by atoms with Crippen molar-refractivity contribution in [3.05, 3.63) is 72.9 Å². The summed E-state index contributed by atoms with van der Waals surface area (Å²) in [6.07, 6.45) is 79.1. The first-order valence-electron chi connectivity index (χ1n) is 31.4. The van der Waals surface area contributed by atoms with E-state index in [-0.39, 0.29) is 31.1 Å². The summed E-state index contributed by atoms with van der Waals surface area (Å²) in [5.41, 5.74) is 0. The van der Waals surface area contributed by atoms with E-state index >= 15 is 0 Å². The fourth-order valence-electron chi connectivity index (χ4n) is 8.98. The van der Waals surface area contributed by atoms with Crippen LogP contribution in [0.15, 0.2) is 72.9 Å². The van der Waals surface area contributed by atoms with E-state index in [1.54, 1.807) is 0 Å². The molecule has 0 N–H and O–H groups in total. The normalized spacial score (nSPS) is 12.5. The summed E-state index contributed by atoms with van der Waals surface area (Å²) in [5, 5.41) is 0. The molecule has 0 saturated carbocycles. The molecule has 1 unspecified atom stereocenters. The SMILES string of the molecule is CC/C=C\C/C=C\C/C=C\C/C=C\C/C=C\CCCCCCCCCCCCCCCC(=O)OCC(COC(=O)CCCCCCC/C=C\CCCC)OC(=O)CCCCCCCCCCCCCCCCC. The predicted octanol–water partition coefficient (Wildman–Crippen LogP) is 21.3. The van der Waals surface area contributed by atoms with Crippen LogP contribution in [-0.4, -0.2) is 37.2 Å². The molecule has 0 rings (SSSR count). The summed E-state index contributed by atoms with van der Waals surface area (Å²) in [7, 11) is 0. The van der Waals surface area contributed by atoms with Gasteiger partial charge in [0.1, 0.15) is 13.2 Å². The van der Waals surface area contributed by atoms with Crippen molar-refractivity contribution < 1.29 is 28.6 Å². The van der Waals surface area contributed by atoms with Gasteiger partial charge in [0.15, 0.2) is 6.10 Å². The number of carbonyl (C=O) groups is 3. The van der Waals surface area contributed by atoms with Crippen molar-refractivity contribution in [1.29, 1.82) is 0 Å². The second kappa shape index (κ2) is 61.4. The van der Waals surface area contributed by atoms with Crippen LogP contribution in [0.4, 0.5) is 0 Å². The van der Waals surface area contributed by atoms with Crippen molar-refractivity contribution in [3.63, 3.8) is 0 Å². The Morgan fingerprint density at radius 3 is 0.890 bits per heavy atom. The maximum Gasteiger partial charge on any atom is 0.306 e. The Morgan fingerprint density at radius 2 is 0.548 bits per heavy atom. The minimum atomic E-state index is -0.776. The molecule has 0 fully saturated rings. The number of hydrogen-bond donors (Lipinski definition) is 0. The van der Waals surface area contributed by atoms with E-state index in [9.17, 15) is 14.4 Å². The zero-order valence-electron chi connectivity index (χ0n) is 48.4. The van der Waals surface area contributed by atoms with Crippen molar-refractivity contribution in [3.8, 4) is 0 Å². The first-order valence-corrected chi connectivity index (χ1v) is 31.4. The van der Waals surface area contributed by atoms with E-state index < -0.39 is 6.10 Å². The van der Waals surface area contributed by atoms with Gasteiger partial charge in [0.25, 0.3) is 0 Å². The van der Waals surface area contributed by atoms with E-state index in [1.165, 1.54) is 180 Å². The largest absolute Gasteiger partial charge is 0.462 e. The molecule has 0 spiro atoms. The molecular formula is C67H118O6. The van der Waals surface area contributed by atoms with Crippen LogP contribution < -0.4 is 0 Å². The van der Waals surface area contributed by atoms with Crippen molar-refractivity contribution in [2.75, 3.05) is 13.2 Å². The molecule has 0 aliphatic heterocycles. The summed E-state index contributed by atoms with van der Waals surface area (Å²) in [6.45, 7) is 6.51. The number of unbranched alkanes of at least 4 members (excludes halogenated alkanes) is 34. The van der Waals surface area contributed by atoms with Gasteiger partial charge in [0, 0.05) is 19.3 Å². The molecule has 73 heavy (non-hydrogen) atoms. The monoisotopic (exact) mass is 1020 g/mol. The summed E-state index contributed by atoms with van der Waals surface area (Å²) < 4.78 is 16.9. The minimum absolute atomic E-state index is 0.0747. The molecule has 0 heterocycles. The summed E-state index contributed by atoms with van der Waals surface area (Å²) in [5.74, 6) is -0.871. The van der Waals surface area contributed by atoms with Gasteiger partial charge < -0.3 is 14.2 Å². The maximum atomic E-state index is 12.9. The first-order chi connectivity index (χ1) is 36.0. The number of carbonyl (C=O) groups excluding carboxylic acids is 3. The molecular weight excluding hydrogens is 901 g/mol. The maximum absolute atomic E-state index is 12.9. The lowest BCUT2D eigenvalue weighted by molar-refractivity contribution is -0.167. The average molecular weight is 1020 g/mol. The Balaban J connectivity index is 4.18. The highest BCUT2D eigenvalue weighted by Crippen LogP contribution is 2.17. The Morgan fingerprint density at radius 1 is 0.288 bits per heavy atom. The highest BCUT2D eigenvalue weighted by Gasteiger charge is 2.19. The molecule has 0 aromatic heterocycles. The zero-order valence-corrected chi connectivity index (χ0v) is 48.4. The molecule has 6 heteroatoms. The molecule has 0 aliphatic rings. The van der Waals surface area contributed by atoms with Gasteiger partial charge >= 0.3 is 17.9 Å². The molecule has 0 saturated heterocycles. The van der Waals surface area contributed by atoms with Crippen LogP contribution in [0.3, 0.4) is 0 Å². The van der Waals surface area contributed by atoms with Crippen LogP contribution in [0.2, 0.25) is 0 Å². The topological polar surface area (TPSA) is 78.9 Å². The lowest BCUT2D eigenvalue weighted by Crippen LogP contribution is -2.30. The number of rotatable bonds is 57. The minimum Gasteiger partial charge on any atom is -0.462 e. The lowest BCUT2D eigenvalue weighted by Gasteiger charge is -2.18. The third kappa shape index (κ3) is 59.6. The number of allylic oxidation sites excluding steroid dienone is 12. The Kier molecular flexibility index (Phi) is 58.7. The van der Waals surface area contributed by atoms with Crippen LogP contribution in [0.1, 0.15) is 316 Å². The van der Waals surface area contributed by atoms with E-state index in [0.717, 1.165) is 96.3 Å². The van der Waals surface area contributed by atoms with E-state index in [2.05, 4.69) is 93.7 Å². The van der Waals surface area contributed by atoms with Gasteiger partial charge in [0.05, 0.1) is 0 Å². The Bertz CT molecular complexity index is 1360. The van der Waals surface area contributed by atoms with Gasteiger partial charge in [-0.1, -0.05) is 286 Å². The van der Waals surface area contributed by atoms with E-state index in [1.807, 2.05) is 0 Å². The molecule has 0 bridgehead atoms. The third-order valence-electron chi connectivity index (χ3n) is 13.7. The number of ether oxygens (including phenoxy) is 3. The van der Waals surface area contributed by atoms with Gasteiger partial charge in [-0.05, 0) is 83.5 Å². The van der Waals surface area contributed by atoms with Gasteiger partial charge in [0.2, 0.25) is 0 Å². The fourth-order valence-corrected chi connectivity index (χ4v) is 8.98. The predicted molar refractivity (Wildman–Crippen MR) is 316 cm³/mol. The van der Waals surface area contributed by atoms with E-state index in [0.29, 0.717) is 19.3 Å². The fraction of sp³-hybridized carbons (Fsp3) is 0.776. The second-order valence-electron chi connectivity index (χ2n) is 20.9. The highest BCUT2D eigenvalue weighted by molar-refractivity contribution is 5.71. The Hall–Kier alpha value is -3.15. The lowest BCUT2D eigenvalue weighted by atomic mass is 10.0. The summed E-state index contributed by atoms with van der Waals surface area (Å²) in [6, 6.07) is 0. The summed E-state index contributed by atoms with van der Waals surface area (Å²) >= 11 is 0. The van der Waals surface area contributed by atoms with Crippen LogP contribution in [0, 0.1) is 0 Å². The van der Waals surface area contributed by atoms with Gasteiger partial charge in [-0.3, -0.25) is 14.4 Å². The van der Waals surface area contributed by atoms with Gasteiger partial charge in [-0.15, -0.1) is 0 Å². The smallest absolute Gasteiger partial charge is 0.306 e. The highest BCUT2D eigenvalue weighted by atomic mass is 16.6. The quantitative estimate of drug-likeness (QED) is 0.0261. The van der Waals surface area contributed by atoms with Crippen LogP contribution >= 0.6 is 0 Å². The van der Waals surface area contributed by atoms with Crippen molar-refractivity contribution in [2.45, 2.75) is 322 Å². The number of esters is 3. The first kappa shape index (κ1) is 69.8. The van der Waals surface area contributed by atoms with Crippen molar-refractivity contribution >= 4 is 17.9 Å². The average Bonchev–Trinajstić information content (AvgIpc) is 3.39. The van der Waals surface area contributed by atoms with Gasteiger partial charge in [-0.25, -0.2) is 0 Å². The molecule has 422 valence electrons. The van der Waals surface area contributed by atoms with Crippen LogP contribution in [0.25, 0.3) is 0 Å². The number of hydrogen-bond acceptors (Lipinski definition) is 6. The van der Waals surface area contributed by atoms with Crippen molar-refractivity contribution in [2.24, 2.45) is 0 Å². The Labute approximate surface area is 453 Å². The van der Waals surface area contributed by atoms with Crippen LogP contribution in [-0.2, 0) is 28.6 Å². The van der Waals surface area contributed by atoms with E-state index in [4.69, 9.17) is 14.2 Å². The molecule has 0 aromatic carbocycles. The molecule has 0 radical (unpaired) electrons.